The highest BCUT2D eigenvalue weighted by atomic mass is 32.2. The lowest BCUT2D eigenvalue weighted by Gasteiger charge is -2.09. The fourth-order valence-corrected chi connectivity index (χ4v) is 3.46. The maximum atomic E-state index is 14.2. The zero-order chi connectivity index (χ0) is 19.3. The number of hydrogen-bond acceptors (Lipinski definition) is 6. The zero-order valence-corrected chi connectivity index (χ0v) is 15.4. The third kappa shape index (κ3) is 5.04. The van der Waals surface area contributed by atoms with Gasteiger partial charge in [0.15, 0.2) is 18.2 Å². The molecule has 3 aromatic rings. The van der Waals surface area contributed by atoms with Gasteiger partial charge >= 0.3 is 0 Å². The van der Waals surface area contributed by atoms with E-state index < -0.39 is 15.8 Å². The second kappa shape index (κ2) is 8.17. The molecule has 1 N–H and O–H groups in total. The Kier molecular flexibility index (Phi) is 5.70. The number of anilines is 1. The fraction of sp³-hybridized carbons (Fsp3) is 0.222. The Morgan fingerprint density at radius 1 is 1.15 bits per heavy atom. The van der Waals surface area contributed by atoms with Gasteiger partial charge in [-0.1, -0.05) is 25.1 Å². The average Bonchev–Trinajstić information content (AvgIpc) is 3.10. The van der Waals surface area contributed by atoms with Gasteiger partial charge in [-0.05, 0) is 30.7 Å². The number of ether oxygens (including phenoxy) is 1. The first kappa shape index (κ1) is 18.8. The van der Waals surface area contributed by atoms with Gasteiger partial charge in [-0.3, -0.25) is 4.72 Å². The van der Waals surface area contributed by atoms with Crippen molar-refractivity contribution < 1.29 is 22.0 Å². The third-order valence-electron chi connectivity index (χ3n) is 3.52. The van der Waals surface area contributed by atoms with Gasteiger partial charge in [0, 0.05) is 11.6 Å². The van der Waals surface area contributed by atoms with E-state index in [-0.39, 0.29) is 29.7 Å². The molecule has 0 amide bonds. The number of halogens is 1. The molecule has 0 aliphatic carbocycles. The van der Waals surface area contributed by atoms with Crippen LogP contribution in [0.2, 0.25) is 0 Å². The lowest BCUT2D eigenvalue weighted by molar-refractivity contribution is 0.253. The van der Waals surface area contributed by atoms with Gasteiger partial charge in [0.25, 0.3) is 5.89 Å². The molecule has 0 aliphatic heterocycles. The largest absolute Gasteiger partial charge is 0.481 e. The molecule has 1 aromatic heterocycles. The van der Waals surface area contributed by atoms with E-state index in [1.165, 1.54) is 12.1 Å². The van der Waals surface area contributed by atoms with E-state index in [4.69, 9.17) is 9.15 Å². The Morgan fingerprint density at radius 3 is 2.63 bits per heavy atom. The minimum Gasteiger partial charge on any atom is -0.481 e. The van der Waals surface area contributed by atoms with Crippen molar-refractivity contribution in [1.29, 1.82) is 0 Å². The maximum Gasteiger partial charge on any atom is 0.254 e. The van der Waals surface area contributed by atoms with Crippen molar-refractivity contribution >= 4 is 15.7 Å². The summed E-state index contributed by atoms with van der Waals surface area (Å²) in [5, 5.41) is 7.79. The molecule has 0 radical (unpaired) electrons. The van der Waals surface area contributed by atoms with E-state index in [9.17, 15) is 12.8 Å². The van der Waals surface area contributed by atoms with E-state index in [1.54, 1.807) is 6.92 Å². The Hall–Kier alpha value is -2.94. The normalized spacial score (nSPS) is 11.3. The van der Waals surface area contributed by atoms with Crippen LogP contribution in [-0.2, 0) is 16.6 Å². The molecule has 142 valence electrons. The van der Waals surface area contributed by atoms with Gasteiger partial charge < -0.3 is 9.15 Å². The SMILES string of the molecule is CCCS(=O)(=O)Nc1ccc(OCc2nnc(-c3ccccc3)o2)c(F)c1. The molecule has 3 rings (SSSR count). The van der Waals surface area contributed by atoms with Crippen LogP contribution in [0.4, 0.5) is 10.1 Å². The van der Waals surface area contributed by atoms with Crippen molar-refractivity contribution in [2.45, 2.75) is 20.0 Å². The van der Waals surface area contributed by atoms with Crippen molar-refractivity contribution in [2.75, 3.05) is 10.5 Å². The van der Waals surface area contributed by atoms with Crippen LogP contribution in [-0.4, -0.2) is 24.4 Å². The van der Waals surface area contributed by atoms with Crippen LogP contribution in [0.15, 0.2) is 52.9 Å². The molecule has 0 bridgehead atoms. The molecular weight excluding hydrogens is 373 g/mol. The number of nitrogens with one attached hydrogen (secondary N) is 1. The second-order valence-electron chi connectivity index (χ2n) is 5.72. The molecule has 0 aliphatic rings. The Labute approximate surface area is 156 Å². The molecule has 0 spiro atoms. The lowest BCUT2D eigenvalue weighted by Crippen LogP contribution is -2.16. The first-order chi connectivity index (χ1) is 13.0. The molecule has 27 heavy (non-hydrogen) atoms. The van der Waals surface area contributed by atoms with E-state index >= 15 is 0 Å². The number of benzene rings is 2. The fourth-order valence-electron chi connectivity index (χ4n) is 2.33. The van der Waals surface area contributed by atoms with Crippen LogP contribution in [0.3, 0.4) is 0 Å². The summed E-state index contributed by atoms with van der Waals surface area (Å²) in [6, 6.07) is 13.1. The molecule has 0 unspecified atom stereocenters. The van der Waals surface area contributed by atoms with E-state index in [0.29, 0.717) is 12.3 Å². The zero-order valence-electron chi connectivity index (χ0n) is 14.6. The monoisotopic (exact) mass is 391 g/mol. The molecule has 0 saturated heterocycles. The van der Waals surface area contributed by atoms with Crippen molar-refractivity contribution in [3.8, 4) is 17.2 Å². The number of sulfonamides is 1. The first-order valence-electron chi connectivity index (χ1n) is 8.27. The summed E-state index contributed by atoms with van der Waals surface area (Å²) >= 11 is 0. The Balaban J connectivity index is 1.64. The van der Waals surface area contributed by atoms with Crippen LogP contribution in [0.25, 0.3) is 11.5 Å². The Morgan fingerprint density at radius 2 is 1.93 bits per heavy atom. The van der Waals surface area contributed by atoms with E-state index in [2.05, 4.69) is 14.9 Å². The van der Waals surface area contributed by atoms with Crippen molar-refractivity contribution in [3.05, 3.63) is 60.2 Å². The van der Waals surface area contributed by atoms with Gasteiger partial charge in [0.1, 0.15) is 0 Å². The summed E-state index contributed by atoms with van der Waals surface area (Å²) in [6.07, 6.45) is 0.466. The van der Waals surface area contributed by atoms with Gasteiger partial charge in [-0.2, -0.15) is 0 Å². The molecule has 2 aromatic carbocycles. The van der Waals surface area contributed by atoms with Crippen LogP contribution in [0.5, 0.6) is 5.75 Å². The van der Waals surface area contributed by atoms with Gasteiger partial charge in [0.05, 0.1) is 11.4 Å². The van der Waals surface area contributed by atoms with E-state index in [0.717, 1.165) is 11.6 Å². The summed E-state index contributed by atoms with van der Waals surface area (Å²) in [5.74, 6) is -0.243. The number of hydrogen-bond donors (Lipinski definition) is 1. The van der Waals surface area contributed by atoms with Crippen molar-refractivity contribution in [1.82, 2.24) is 10.2 Å². The molecular formula is C18H18FN3O4S. The van der Waals surface area contributed by atoms with Crippen molar-refractivity contribution in [3.63, 3.8) is 0 Å². The number of aromatic nitrogens is 2. The predicted molar refractivity (Wildman–Crippen MR) is 98.2 cm³/mol. The van der Waals surface area contributed by atoms with Gasteiger partial charge in [-0.25, -0.2) is 12.8 Å². The van der Waals surface area contributed by atoms with Crippen LogP contribution in [0, 0.1) is 5.82 Å². The molecule has 0 fully saturated rings. The quantitative estimate of drug-likeness (QED) is 0.630. The van der Waals surface area contributed by atoms with Crippen LogP contribution < -0.4 is 9.46 Å². The number of rotatable bonds is 8. The Bertz CT molecular complexity index is 1010. The maximum absolute atomic E-state index is 14.2. The van der Waals surface area contributed by atoms with Crippen LogP contribution in [0.1, 0.15) is 19.2 Å². The highest BCUT2D eigenvalue weighted by Gasteiger charge is 2.13. The summed E-state index contributed by atoms with van der Waals surface area (Å²) in [4.78, 5) is 0. The summed E-state index contributed by atoms with van der Waals surface area (Å²) in [5.41, 5.74) is 0.906. The third-order valence-corrected chi connectivity index (χ3v) is 5.01. The smallest absolute Gasteiger partial charge is 0.254 e. The van der Waals surface area contributed by atoms with Crippen LogP contribution >= 0.6 is 0 Å². The average molecular weight is 391 g/mol. The summed E-state index contributed by atoms with van der Waals surface area (Å²) in [6.45, 7) is 1.63. The minimum absolute atomic E-state index is 0.0339. The molecule has 7 nitrogen and oxygen atoms in total. The summed E-state index contributed by atoms with van der Waals surface area (Å²) in [7, 11) is -3.48. The minimum atomic E-state index is -3.48. The molecule has 9 heteroatoms. The van der Waals surface area contributed by atoms with E-state index in [1.807, 2.05) is 30.3 Å². The molecule has 1 heterocycles. The number of nitrogens with zero attached hydrogens (tertiary/aromatic N) is 2. The topological polar surface area (TPSA) is 94.3 Å². The molecule has 0 atom stereocenters. The highest BCUT2D eigenvalue weighted by Crippen LogP contribution is 2.23. The summed E-state index contributed by atoms with van der Waals surface area (Å²) < 4.78 is 50.8. The van der Waals surface area contributed by atoms with Gasteiger partial charge in [-0.15, -0.1) is 10.2 Å². The van der Waals surface area contributed by atoms with Gasteiger partial charge in [0.2, 0.25) is 15.9 Å². The van der Waals surface area contributed by atoms with Crippen molar-refractivity contribution in [2.24, 2.45) is 0 Å². The first-order valence-corrected chi connectivity index (χ1v) is 9.93. The second-order valence-corrected chi connectivity index (χ2v) is 7.56. The standard InChI is InChI=1S/C18H18FN3O4S/c1-2-10-27(23,24)22-14-8-9-16(15(19)11-14)25-12-17-20-21-18(26-17)13-6-4-3-5-7-13/h3-9,11,22H,2,10,12H2,1H3. The molecule has 0 saturated carbocycles. The highest BCUT2D eigenvalue weighted by molar-refractivity contribution is 7.92. The lowest BCUT2D eigenvalue weighted by atomic mass is 10.2. The predicted octanol–water partition coefficient (Wildman–Crippen LogP) is 3.61.